The molecule has 2 aromatic heterocycles. The number of aryl methyl sites for hydroxylation is 2. The van der Waals surface area contributed by atoms with E-state index in [2.05, 4.69) is 0 Å². The number of primary amides is 1. The summed E-state index contributed by atoms with van der Waals surface area (Å²) in [5, 5.41) is 1.33. The monoisotopic (exact) mass is 387 g/mol. The molecule has 0 saturated heterocycles. The molecule has 5 nitrogen and oxygen atoms in total. The minimum Gasteiger partial charge on any atom is -0.370 e. The number of carbonyl (C=O) groups is 1. The third-order valence-electron chi connectivity index (χ3n) is 4.76. The molecule has 0 bridgehead atoms. The zero-order valence-electron chi connectivity index (χ0n) is 14.1. The lowest BCUT2D eigenvalue weighted by Crippen LogP contribution is -2.26. The van der Waals surface area contributed by atoms with Gasteiger partial charge in [0, 0.05) is 28.4 Å². The number of hydrogen-bond donors (Lipinski definition) is 1. The lowest BCUT2D eigenvalue weighted by atomic mass is 9.97. The summed E-state index contributed by atoms with van der Waals surface area (Å²) in [4.78, 5) is 31.4. The average molecular weight is 388 g/mol. The maximum atomic E-state index is 13.3. The zero-order valence-corrected chi connectivity index (χ0v) is 15.7. The number of thiophene rings is 1. The first-order chi connectivity index (χ1) is 12.5. The fraction of sp³-hybridized carbons (Fsp3) is 0.316. The third-order valence-corrected chi connectivity index (χ3v) is 6.20. The Kier molecular flexibility index (Phi) is 4.54. The van der Waals surface area contributed by atoms with Gasteiger partial charge in [-0.2, -0.15) is 0 Å². The van der Waals surface area contributed by atoms with E-state index in [0.717, 1.165) is 41.6 Å². The van der Waals surface area contributed by atoms with Crippen molar-refractivity contribution in [2.75, 3.05) is 0 Å². The molecule has 1 aliphatic rings. The van der Waals surface area contributed by atoms with Crippen LogP contribution in [0.25, 0.3) is 21.6 Å². The Morgan fingerprint density at radius 2 is 1.96 bits per heavy atom. The SMILES string of the molecule is NC(=O)CCn1c(-c2ccc(Cl)cc2)nc2sc3c(c2c1=O)CCCC3. The topological polar surface area (TPSA) is 78.0 Å². The molecule has 134 valence electrons. The number of aromatic nitrogens is 2. The van der Waals surface area contributed by atoms with Gasteiger partial charge in [-0.1, -0.05) is 11.6 Å². The molecule has 0 radical (unpaired) electrons. The smallest absolute Gasteiger partial charge is 0.262 e. The first kappa shape index (κ1) is 17.2. The number of amides is 1. The van der Waals surface area contributed by atoms with Gasteiger partial charge in [-0.25, -0.2) is 4.98 Å². The van der Waals surface area contributed by atoms with E-state index < -0.39 is 5.91 Å². The maximum absolute atomic E-state index is 13.3. The van der Waals surface area contributed by atoms with E-state index in [4.69, 9.17) is 22.3 Å². The fourth-order valence-corrected chi connectivity index (χ4v) is 4.87. The van der Waals surface area contributed by atoms with Crippen LogP contribution in [0.5, 0.6) is 0 Å². The Hall–Kier alpha value is -2.18. The first-order valence-electron chi connectivity index (χ1n) is 8.64. The molecule has 1 aromatic carbocycles. The molecule has 0 saturated carbocycles. The van der Waals surface area contributed by atoms with Crippen LogP contribution < -0.4 is 11.3 Å². The van der Waals surface area contributed by atoms with Crippen molar-refractivity contribution in [2.24, 2.45) is 5.73 Å². The predicted molar refractivity (Wildman–Crippen MR) is 105 cm³/mol. The van der Waals surface area contributed by atoms with Crippen molar-refractivity contribution in [3.05, 3.63) is 50.1 Å². The molecule has 3 aromatic rings. The van der Waals surface area contributed by atoms with Crippen molar-refractivity contribution in [1.82, 2.24) is 9.55 Å². The number of carbonyl (C=O) groups excluding carboxylic acids is 1. The van der Waals surface area contributed by atoms with Gasteiger partial charge in [0.25, 0.3) is 5.56 Å². The molecular formula is C19H18ClN3O2S. The second-order valence-electron chi connectivity index (χ2n) is 6.51. The van der Waals surface area contributed by atoms with E-state index in [1.807, 2.05) is 12.1 Å². The molecule has 0 aliphatic heterocycles. The Morgan fingerprint density at radius 1 is 1.23 bits per heavy atom. The second-order valence-corrected chi connectivity index (χ2v) is 8.03. The summed E-state index contributed by atoms with van der Waals surface area (Å²) in [6.07, 6.45) is 4.27. The molecule has 1 aliphatic carbocycles. The predicted octanol–water partition coefficient (Wildman–Crippen LogP) is 3.53. The summed E-state index contributed by atoms with van der Waals surface area (Å²) < 4.78 is 1.58. The number of hydrogen-bond acceptors (Lipinski definition) is 4. The van der Waals surface area contributed by atoms with E-state index in [1.54, 1.807) is 28.0 Å². The molecular weight excluding hydrogens is 370 g/mol. The molecule has 0 spiro atoms. The number of halogens is 1. The van der Waals surface area contributed by atoms with Crippen LogP contribution in [0.3, 0.4) is 0 Å². The highest BCUT2D eigenvalue weighted by molar-refractivity contribution is 7.18. The third kappa shape index (κ3) is 3.04. The summed E-state index contributed by atoms with van der Waals surface area (Å²) in [6, 6.07) is 7.21. The van der Waals surface area contributed by atoms with E-state index in [0.29, 0.717) is 16.2 Å². The molecule has 0 atom stereocenters. The Balaban J connectivity index is 1.96. The summed E-state index contributed by atoms with van der Waals surface area (Å²) >= 11 is 7.61. The lowest BCUT2D eigenvalue weighted by Gasteiger charge is -2.13. The number of nitrogens with two attached hydrogens (primary N) is 1. The largest absolute Gasteiger partial charge is 0.370 e. The fourth-order valence-electron chi connectivity index (χ4n) is 3.49. The summed E-state index contributed by atoms with van der Waals surface area (Å²) in [6.45, 7) is 0.222. The molecule has 0 fully saturated rings. The number of fused-ring (bicyclic) bond motifs is 3. The van der Waals surface area contributed by atoms with Gasteiger partial charge in [-0.15, -0.1) is 11.3 Å². The summed E-state index contributed by atoms with van der Waals surface area (Å²) in [5.41, 5.74) is 7.17. The van der Waals surface area contributed by atoms with E-state index >= 15 is 0 Å². The van der Waals surface area contributed by atoms with Crippen LogP contribution in [-0.2, 0) is 24.2 Å². The minimum absolute atomic E-state index is 0.0828. The molecule has 26 heavy (non-hydrogen) atoms. The highest BCUT2D eigenvalue weighted by Crippen LogP contribution is 2.35. The minimum atomic E-state index is -0.439. The standard InChI is InChI=1S/C19H18ClN3O2S/c20-12-7-5-11(6-8-12)17-22-18-16(13-3-1-2-4-14(13)26-18)19(25)23(17)10-9-15(21)24/h5-8H,1-4,9-10H2,(H2,21,24). The van der Waals surface area contributed by atoms with Crippen molar-refractivity contribution in [3.63, 3.8) is 0 Å². The quantitative estimate of drug-likeness (QED) is 0.743. The van der Waals surface area contributed by atoms with Crippen LogP contribution in [0, 0.1) is 0 Å². The van der Waals surface area contributed by atoms with Crippen LogP contribution in [0.1, 0.15) is 29.7 Å². The van der Waals surface area contributed by atoms with Gasteiger partial charge >= 0.3 is 0 Å². The summed E-state index contributed by atoms with van der Waals surface area (Å²) in [5.74, 6) is 0.116. The van der Waals surface area contributed by atoms with E-state index in [1.165, 1.54) is 4.88 Å². The lowest BCUT2D eigenvalue weighted by molar-refractivity contribution is -0.118. The van der Waals surface area contributed by atoms with Gasteiger partial charge in [0.2, 0.25) is 5.91 Å². The normalized spacial score (nSPS) is 13.7. The van der Waals surface area contributed by atoms with E-state index in [9.17, 15) is 9.59 Å². The molecule has 7 heteroatoms. The molecule has 4 rings (SSSR count). The van der Waals surface area contributed by atoms with E-state index in [-0.39, 0.29) is 18.5 Å². The van der Waals surface area contributed by atoms with Crippen LogP contribution >= 0.6 is 22.9 Å². The van der Waals surface area contributed by atoms with Gasteiger partial charge in [0.1, 0.15) is 10.7 Å². The van der Waals surface area contributed by atoms with Gasteiger partial charge in [0.15, 0.2) is 0 Å². The molecule has 2 heterocycles. The number of rotatable bonds is 4. The Bertz CT molecular complexity index is 1050. The highest BCUT2D eigenvalue weighted by Gasteiger charge is 2.22. The van der Waals surface area contributed by atoms with Crippen molar-refractivity contribution >= 4 is 39.1 Å². The molecule has 0 unspecified atom stereocenters. The average Bonchev–Trinajstić information content (AvgIpc) is 3.00. The Labute approximate surface area is 159 Å². The van der Waals surface area contributed by atoms with Crippen molar-refractivity contribution in [2.45, 2.75) is 38.6 Å². The maximum Gasteiger partial charge on any atom is 0.262 e. The second kappa shape index (κ2) is 6.85. The van der Waals surface area contributed by atoms with Gasteiger partial charge in [-0.3, -0.25) is 14.2 Å². The van der Waals surface area contributed by atoms with Gasteiger partial charge < -0.3 is 5.73 Å². The first-order valence-corrected chi connectivity index (χ1v) is 9.83. The van der Waals surface area contributed by atoms with Crippen LogP contribution in [0.2, 0.25) is 5.02 Å². The number of nitrogens with zero attached hydrogens (tertiary/aromatic N) is 2. The van der Waals surface area contributed by atoms with Gasteiger partial charge in [0.05, 0.1) is 5.39 Å². The zero-order chi connectivity index (χ0) is 18.3. The van der Waals surface area contributed by atoms with Crippen LogP contribution in [0.15, 0.2) is 29.1 Å². The van der Waals surface area contributed by atoms with Crippen LogP contribution in [0.4, 0.5) is 0 Å². The highest BCUT2D eigenvalue weighted by atomic mass is 35.5. The summed E-state index contributed by atoms with van der Waals surface area (Å²) in [7, 11) is 0. The molecule has 2 N–H and O–H groups in total. The number of benzene rings is 1. The Morgan fingerprint density at radius 3 is 2.69 bits per heavy atom. The van der Waals surface area contributed by atoms with Gasteiger partial charge in [-0.05, 0) is 55.5 Å². The van der Waals surface area contributed by atoms with Crippen molar-refractivity contribution < 1.29 is 4.79 Å². The van der Waals surface area contributed by atoms with Crippen molar-refractivity contribution in [3.8, 4) is 11.4 Å². The van der Waals surface area contributed by atoms with Crippen LogP contribution in [-0.4, -0.2) is 15.5 Å². The molecule has 1 amide bonds. The van der Waals surface area contributed by atoms with Crippen molar-refractivity contribution in [1.29, 1.82) is 0 Å².